The van der Waals surface area contributed by atoms with Gasteiger partial charge in [-0.15, -0.1) is 11.8 Å². The van der Waals surface area contributed by atoms with Crippen molar-refractivity contribution in [2.75, 3.05) is 12.3 Å². The Hall–Kier alpha value is -1.45. The molecule has 10 heteroatoms. The van der Waals surface area contributed by atoms with Crippen molar-refractivity contribution in [1.82, 2.24) is 4.72 Å². The van der Waals surface area contributed by atoms with E-state index in [0.717, 1.165) is 29.5 Å². The summed E-state index contributed by atoms with van der Waals surface area (Å²) < 4.78 is 26.9. The summed E-state index contributed by atoms with van der Waals surface area (Å²) in [5.74, 6) is -1.24. The Balaban J connectivity index is 1.94. The molecule has 0 amide bonds. The van der Waals surface area contributed by atoms with E-state index >= 15 is 0 Å². The predicted molar refractivity (Wildman–Crippen MR) is 107 cm³/mol. The van der Waals surface area contributed by atoms with Crippen LogP contribution in [-0.4, -0.2) is 42.1 Å². The normalized spacial score (nSPS) is 12.7. The third-order valence-corrected chi connectivity index (χ3v) is 6.97. The number of halogens is 2. The average molecular weight is 450 g/mol. The summed E-state index contributed by atoms with van der Waals surface area (Å²) >= 11 is 12.7. The van der Waals surface area contributed by atoms with Crippen LogP contribution in [0.2, 0.25) is 10.0 Å². The second-order valence-corrected chi connectivity index (χ2v) is 9.38. The monoisotopic (exact) mass is 449 g/mol. The smallest absolute Gasteiger partial charge is 0.316 e. The third kappa shape index (κ3) is 6.29. The second-order valence-electron chi connectivity index (χ2n) is 5.52. The van der Waals surface area contributed by atoms with E-state index in [0.29, 0.717) is 6.42 Å². The molecule has 2 aromatic rings. The van der Waals surface area contributed by atoms with Crippen LogP contribution in [0.15, 0.2) is 47.4 Å². The number of hydrogen-bond donors (Lipinski definition) is 3. The molecule has 0 heterocycles. The topological polar surface area (TPSA) is 104 Å². The maximum atomic E-state index is 12.3. The van der Waals surface area contributed by atoms with Gasteiger partial charge in [-0.25, -0.2) is 13.1 Å². The van der Waals surface area contributed by atoms with Crippen molar-refractivity contribution in [3.05, 3.63) is 58.1 Å². The van der Waals surface area contributed by atoms with Gasteiger partial charge < -0.3 is 10.2 Å². The molecule has 2 aromatic carbocycles. The molecular formula is C17H17Cl2NO5S2. The van der Waals surface area contributed by atoms with E-state index in [1.807, 2.05) is 30.3 Å². The van der Waals surface area contributed by atoms with Gasteiger partial charge in [0.15, 0.2) is 0 Å². The summed E-state index contributed by atoms with van der Waals surface area (Å²) in [6, 6.07) is 11.3. The van der Waals surface area contributed by atoms with Crippen LogP contribution in [0.3, 0.4) is 0 Å². The van der Waals surface area contributed by atoms with Crippen molar-refractivity contribution in [2.24, 2.45) is 0 Å². The molecule has 146 valence electrons. The lowest BCUT2D eigenvalue weighted by molar-refractivity contribution is -0.136. The summed E-state index contributed by atoms with van der Waals surface area (Å²) in [5, 5.41) is 18.5. The third-order valence-electron chi connectivity index (χ3n) is 3.54. The Kier molecular flexibility index (Phi) is 7.81. The van der Waals surface area contributed by atoms with Crippen LogP contribution in [-0.2, 0) is 21.2 Å². The molecule has 0 spiro atoms. The second kappa shape index (κ2) is 9.66. The van der Waals surface area contributed by atoms with Crippen molar-refractivity contribution in [3.63, 3.8) is 0 Å². The van der Waals surface area contributed by atoms with E-state index in [2.05, 4.69) is 4.72 Å². The first-order chi connectivity index (χ1) is 12.7. The first-order valence-electron chi connectivity index (χ1n) is 7.76. The van der Waals surface area contributed by atoms with Crippen LogP contribution >= 0.6 is 35.0 Å². The lowest BCUT2D eigenvalue weighted by Gasteiger charge is -2.13. The number of carboxylic acid groups (broad SMARTS) is 1. The quantitative estimate of drug-likeness (QED) is 0.506. The van der Waals surface area contributed by atoms with Crippen LogP contribution in [0, 0.1) is 0 Å². The fraction of sp³-hybridized carbons (Fsp3) is 0.235. The van der Waals surface area contributed by atoms with Crippen molar-refractivity contribution < 1.29 is 23.4 Å². The van der Waals surface area contributed by atoms with Gasteiger partial charge in [0.1, 0.15) is 15.9 Å². The summed E-state index contributed by atoms with van der Waals surface area (Å²) in [7, 11) is -4.01. The molecule has 6 nitrogen and oxygen atoms in total. The number of aliphatic carboxylic acids is 1. The molecule has 0 saturated carbocycles. The lowest BCUT2D eigenvalue weighted by atomic mass is 10.1. The fourth-order valence-corrected chi connectivity index (χ4v) is 4.84. The molecule has 0 fully saturated rings. The number of carboxylic acids is 1. The Bertz CT molecular complexity index is 907. The number of aromatic hydroxyl groups is 1. The molecule has 0 aliphatic rings. The molecule has 0 bridgehead atoms. The average Bonchev–Trinajstić information content (AvgIpc) is 2.61. The van der Waals surface area contributed by atoms with Crippen LogP contribution in [0.1, 0.15) is 5.56 Å². The number of carbonyl (C=O) groups is 1. The highest BCUT2D eigenvalue weighted by molar-refractivity contribution is 8.00. The minimum atomic E-state index is -4.01. The van der Waals surface area contributed by atoms with Gasteiger partial charge in [-0.3, -0.25) is 4.79 Å². The van der Waals surface area contributed by atoms with E-state index in [4.69, 9.17) is 23.2 Å². The minimum absolute atomic E-state index is 0.00183. The molecule has 0 aliphatic carbocycles. The van der Waals surface area contributed by atoms with Gasteiger partial charge in [0.25, 0.3) is 0 Å². The van der Waals surface area contributed by atoms with E-state index in [9.17, 15) is 23.4 Å². The van der Waals surface area contributed by atoms with E-state index in [-0.39, 0.29) is 27.2 Å². The number of phenolic OH excluding ortho intramolecular Hbond substituents is 1. The molecule has 2 rings (SSSR count). The maximum Gasteiger partial charge on any atom is 0.316 e. The first-order valence-corrected chi connectivity index (χ1v) is 11.1. The molecule has 0 aliphatic heterocycles. The summed E-state index contributed by atoms with van der Waals surface area (Å²) in [4.78, 5) is 11.0. The number of phenols is 1. The Labute approximate surface area is 171 Å². The van der Waals surface area contributed by atoms with Gasteiger partial charge in [0.05, 0.1) is 10.0 Å². The zero-order valence-electron chi connectivity index (χ0n) is 13.9. The Morgan fingerprint density at radius 3 is 2.41 bits per heavy atom. The molecule has 0 radical (unpaired) electrons. The first kappa shape index (κ1) is 21.8. The highest BCUT2D eigenvalue weighted by Gasteiger charge is 2.22. The van der Waals surface area contributed by atoms with Gasteiger partial charge in [-0.1, -0.05) is 53.5 Å². The van der Waals surface area contributed by atoms with Gasteiger partial charge in [0.2, 0.25) is 10.0 Å². The highest BCUT2D eigenvalue weighted by Crippen LogP contribution is 2.32. The van der Waals surface area contributed by atoms with Crippen LogP contribution in [0.5, 0.6) is 5.75 Å². The zero-order valence-corrected chi connectivity index (χ0v) is 17.1. The maximum absolute atomic E-state index is 12.3. The number of sulfonamides is 1. The number of hydrogen-bond acceptors (Lipinski definition) is 5. The number of nitrogens with one attached hydrogen (secondary N) is 1. The molecule has 0 saturated heterocycles. The molecular weight excluding hydrogens is 433 g/mol. The van der Waals surface area contributed by atoms with Crippen LogP contribution in [0.25, 0.3) is 0 Å². The van der Waals surface area contributed by atoms with Crippen molar-refractivity contribution in [2.45, 2.75) is 16.6 Å². The van der Waals surface area contributed by atoms with E-state index in [1.54, 1.807) is 0 Å². The fourth-order valence-electron chi connectivity index (χ4n) is 2.23. The van der Waals surface area contributed by atoms with Gasteiger partial charge in [-0.05, 0) is 18.1 Å². The van der Waals surface area contributed by atoms with Crippen molar-refractivity contribution in [3.8, 4) is 5.75 Å². The van der Waals surface area contributed by atoms with Crippen molar-refractivity contribution in [1.29, 1.82) is 0 Å². The highest BCUT2D eigenvalue weighted by atomic mass is 35.5. The van der Waals surface area contributed by atoms with Gasteiger partial charge in [0, 0.05) is 18.4 Å². The van der Waals surface area contributed by atoms with E-state index < -0.39 is 27.0 Å². The number of rotatable bonds is 9. The molecule has 3 N–H and O–H groups in total. The molecule has 1 unspecified atom stereocenters. The summed E-state index contributed by atoms with van der Waals surface area (Å²) in [5.41, 5.74) is 0.888. The molecule has 1 atom stereocenters. The lowest BCUT2D eigenvalue weighted by Crippen LogP contribution is -2.28. The number of thioether (sulfide) groups is 1. The SMILES string of the molecule is O=C(O)C(Cc1ccccc1)SCCNS(=O)(=O)c1cc(Cl)c(Cl)cc1O. The largest absolute Gasteiger partial charge is 0.506 e. The summed E-state index contributed by atoms with van der Waals surface area (Å²) in [6.45, 7) is -0.00868. The van der Waals surface area contributed by atoms with Gasteiger partial charge >= 0.3 is 5.97 Å². The van der Waals surface area contributed by atoms with Crippen LogP contribution in [0.4, 0.5) is 0 Å². The van der Waals surface area contributed by atoms with Crippen molar-refractivity contribution >= 4 is 51.0 Å². The van der Waals surface area contributed by atoms with E-state index in [1.165, 1.54) is 0 Å². The van der Waals surface area contributed by atoms with Gasteiger partial charge in [-0.2, -0.15) is 0 Å². The number of benzene rings is 2. The zero-order chi connectivity index (χ0) is 20.0. The Morgan fingerprint density at radius 1 is 1.15 bits per heavy atom. The molecule has 27 heavy (non-hydrogen) atoms. The minimum Gasteiger partial charge on any atom is -0.506 e. The summed E-state index contributed by atoms with van der Waals surface area (Å²) in [6.07, 6.45) is 0.334. The Morgan fingerprint density at radius 2 is 1.78 bits per heavy atom. The molecule has 0 aromatic heterocycles. The standard InChI is InChI=1S/C17H17Cl2NO5S2/c18-12-9-14(21)16(10-13(12)19)27(24,25)20-6-7-26-15(17(22)23)8-11-4-2-1-3-5-11/h1-5,9-10,15,20-21H,6-8H2,(H,22,23). The predicted octanol–water partition coefficient (Wildman–Crippen LogP) is 3.41. The van der Waals surface area contributed by atoms with Crippen LogP contribution < -0.4 is 4.72 Å².